The number of ether oxygens (including phenoxy) is 2. The van der Waals surface area contributed by atoms with Gasteiger partial charge in [0.1, 0.15) is 5.75 Å². The molecule has 3 rings (SSSR count). The summed E-state index contributed by atoms with van der Waals surface area (Å²) in [6.07, 6.45) is 0. The molecule has 1 fully saturated rings. The number of nitrogens with zero attached hydrogens (tertiary/aromatic N) is 2. The fourth-order valence-corrected chi connectivity index (χ4v) is 4.21. The van der Waals surface area contributed by atoms with Crippen LogP contribution in [0.3, 0.4) is 0 Å². The molecule has 1 amide bonds. The van der Waals surface area contributed by atoms with E-state index in [-0.39, 0.29) is 11.0 Å². The van der Waals surface area contributed by atoms with Crippen molar-refractivity contribution in [3.05, 3.63) is 54.6 Å². The molecule has 1 aliphatic heterocycles. The lowest BCUT2D eigenvalue weighted by atomic mass is 10.3. The van der Waals surface area contributed by atoms with Crippen LogP contribution in [0.5, 0.6) is 5.75 Å². The zero-order chi connectivity index (χ0) is 20.7. The second kappa shape index (κ2) is 9.82. The van der Waals surface area contributed by atoms with E-state index in [0.29, 0.717) is 36.9 Å². The van der Waals surface area contributed by atoms with Crippen LogP contribution < -0.4 is 4.74 Å². The second-order valence-electron chi connectivity index (χ2n) is 6.08. The monoisotopic (exact) mass is 434 g/mol. The Kier molecular flexibility index (Phi) is 7.18. The lowest BCUT2D eigenvalue weighted by molar-refractivity contribution is -0.127. The zero-order valence-corrected chi connectivity index (χ0v) is 17.6. The summed E-state index contributed by atoms with van der Waals surface area (Å²) in [5.74, 6) is 3.97. The standard InChI is InChI=1S/C20H22N2O5S2/c1-25-16-8-10-18(11-9-16)29(2,24)27-21-19(28-17-6-4-3-5-7-17)20(23)22-12-14-26-15-13-22/h3-11H,2,12-15H2,1H3. The number of hydrogen-bond donors (Lipinski definition) is 0. The van der Waals surface area contributed by atoms with Crippen molar-refractivity contribution < 1.29 is 22.8 Å². The molecule has 0 bridgehead atoms. The normalized spacial score (nSPS) is 16.7. The Hall–Kier alpha value is -2.49. The van der Waals surface area contributed by atoms with Crippen LogP contribution in [-0.2, 0) is 23.6 Å². The average Bonchev–Trinajstić information content (AvgIpc) is 2.77. The molecule has 1 aliphatic rings. The summed E-state index contributed by atoms with van der Waals surface area (Å²) in [6.45, 7) is 1.86. The molecule has 0 N–H and O–H groups in total. The van der Waals surface area contributed by atoms with Gasteiger partial charge in [-0.15, -0.1) is 0 Å². The highest BCUT2D eigenvalue weighted by atomic mass is 32.2. The fraction of sp³-hybridized carbons (Fsp3) is 0.250. The van der Waals surface area contributed by atoms with Gasteiger partial charge in [0, 0.05) is 18.0 Å². The Morgan fingerprint density at radius 2 is 1.79 bits per heavy atom. The number of methoxy groups -OCH3 is 1. The highest BCUT2D eigenvalue weighted by Crippen LogP contribution is 2.23. The van der Waals surface area contributed by atoms with Crippen LogP contribution in [0.1, 0.15) is 0 Å². The van der Waals surface area contributed by atoms with Gasteiger partial charge in [0.25, 0.3) is 5.91 Å². The molecule has 9 heteroatoms. The second-order valence-corrected chi connectivity index (χ2v) is 8.99. The van der Waals surface area contributed by atoms with Crippen molar-refractivity contribution in [3.8, 4) is 5.75 Å². The van der Waals surface area contributed by atoms with Gasteiger partial charge in [-0.05, 0) is 42.3 Å². The van der Waals surface area contributed by atoms with E-state index in [2.05, 4.69) is 11.0 Å². The van der Waals surface area contributed by atoms with E-state index in [4.69, 9.17) is 13.8 Å². The Morgan fingerprint density at radius 1 is 1.14 bits per heavy atom. The minimum absolute atomic E-state index is 0.0861. The van der Waals surface area contributed by atoms with E-state index in [9.17, 15) is 9.00 Å². The molecule has 1 unspecified atom stereocenters. The number of morpholine rings is 1. The lowest BCUT2D eigenvalue weighted by Gasteiger charge is -2.26. The number of rotatable bonds is 5. The van der Waals surface area contributed by atoms with Gasteiger partial charge >= 0.3 is 0 Å². The molecule has 0 aromatic heterocycles. The largest absolute Gasteiger partial charge is 0.497 e. The van der Waals surface area contributed by atoms with Crippen LogP contribution >= 0.6 is 11.8 Å². The number of oxime groups is 1. The molecule has 2 aromatic carbocycles. The van der Waals surface area contributed by atoms with E-state index in [1.807, 2.05) is 30.3 Å². The molecule has 29 heavy (non-hydrogen) atoms. The van der Waals surface area contributed by atoms with Gasteiger partial charge < -0.3 is 14.4 Å². The Bertz CT molecular complexity index is 954. The van der Waals surface area contributed by atoms with E-state index in [1.165, 1.54) is 0 Å². The number of carbonyl (C=O) groups excluding carboxylic acids is 1. The summed E-state index contributed by atoms with van der Waals surface area (Å²) >= 11 is 1.15. The van der Waals surface area contributed by atoms with Gasteiger partial charge in [-0.3, -0.25) is 9.08 Å². The topological polar surface area (TPSA) is 77.4 Å². The van der Waals surface area contributed by atoms with Crippen molar-refractivity contribution in [3.63, 3.8) is 0 Å². The minimum atomic E-state index is -3.19. The summed E-state index contributed by atoms with van der Waals surface area (Å²) < 4.78 is 28.6. The van der Waals surface area contributed by atoms with Crippen molar-refractivity contribution >= 4 is 38.4 Å². The molecule has 2 aromatic rings. The first-order chi connectivity index (χ1) is 14.0. The molecule has 7 nitrogen and oxygen atoms in total. The van der Waals surface area contributed by atoms with Crippen molar-refractivity contribution in [2.24, 2.45) is 5.16 Å². The smallest absolute Gasteiger partial charge is 0.283 e. The molecule has 1 atom stereocenters. The maximum absolute atomic E-state index is 12.9. The van der Waals surface area contributed by atoms with Crippen molar-refractivity contribution in [2.75, 3.05) is 33.4 Å². The third-order valence-electron chi connectivity index (χ3n) is 4.10. The molecule has 0 spiro atoms. The number of thioether (sulfide) groups is 1. The fourth-order valence-electron chi connectivity index (χ4n) is 2.52. The Morgan fingerprint density at radius 3 is 2.41 bits per heavy atom. The first-order valence-electron chi connectivity index (χ1n) is 8.87. The lowest BCUT2D eigenvalue weighted by Crippen LogP contribution is -2.43. The van der Waals surface area contributed by atoms with E-state index in [1.54, 1.807) is 36.3 Å². The molecule has 1 heterocycles. The van der Waals surface area contributed by atoms with Crippen LogP contribution in [0, 0.1) is 0 Å². The highest BCUT2D eigenvalue weighted by molar-refractivity contribution is 8.15. The zero-order valence-electron chi connectivity index (χ0n) is 16.0. The Balaban J connectivity index is 1.83. The molecule has 0 radical (unpaired) electrons. The van der Waals surface area contributed by atoms with E-state index < -0.39 is 9.80 Å². The third-order valence-corrected chi connectivity index (χ3v) is 6.35. The summed E-state index contributed by atoms with van der Waals surface area (Å²) in [6, 6.07) is 15.8. The summed E-state index contributed by atoms with van der Waals surface area (Å²) in [5, 5.41) is 4.05. The van der Waals surface area contributed by atoms with Crippen LogP contribution in [0.15, 0.2) is 69.5 Å². The molecular weight excluding hydrogens is 412 g/mol. The molecular formula is C20H22N2O5S2. The number of amides is 1. The molecule has 154 valence electrons. The van der Waals surface area contributed by atoms with Crippen molar-refractivity contribution in [1.29, 1.82) is 0 Å². The van der Waals surface area contributed by atoms with Gasteiger partial charge in [0.15, 0.2) is 9.80 Å². The minimum Gasteiger partial charge on any atom is -0.497 e. The van der Waals surface area contributed by atoms with Crippen LogP contribution in [0.2, 0.25) is 0 Å². The molecule has 0 saturated carbocycles. The number of hydrogen-bond acceptors (Lipinski definition) is 7. The van der Waals surface area contributed by atoms with Crippen molar-refractivity contribution in [2.45, 2.75) is 9.79 Å². The van der Waals surface area contributed by atoms with Gasteiger partial charge in [0.2, 0.25) is 5.04 Å². The van der Waals surface area contributed by atoms with Gasteiger partial charge in [0.05, 0.1) is 25.2 Å². The first-order valence-corrected chi connectivity index (χ1v) is 11.3. The number of carbonyl (C=O) groups is 1. The van der Waals surface area contributed by atoms with Gasteiger partial charge in [-0.25, -0.2) is 4.21 Å². The SMILES string of the molecule is C=S(=O)(ON=C(Sc1ccccc1)C(=O)N1CCOCC1)c1ccc(OC)cc1. The maximum Gasteiger partial charge on any atom is 0.283 e. The van der Waals surface area contributed by atoms with Crippen molar-refractivity contribution in [1.82, 2.24) is 4.90 Å². The first kappa shape index (κ1) is 21.2. The molecule has 1 saturated heterocycles. The Labute approximate surface area is 174 Å². The van der Waals surface area contributed by atoms with Gasteiger partial charge in [-0.1, -0.05) is 35.1 Å². The van der Waals surface area contributed by atoms with Crippen LogP contribution in [0.25, 0.3) is 0 Å². The predicted molar refractivity (Wildman–Crippen MR) is 115 cm³/mol. The maximum atomic E-state index is 12.9. The van der Waals surface area contributed by atoms with E-state index in [0.717, 1.165) is 16.7 Å². The predicted octanol–water partition coefficient (Wildman–Crippen LogP) is 2.67. The molecule has 0 aliphatic carbocycles. The van der Waals surface area contributed by atoms with Crippen LogP contribution in [0.4, 0.5) is 0 Å². The van der Waals surface area contributed by atoms with E-state index >= 15 is 0 Å². The average molecular weight is 435 g/mol. The number of benzene rings is 2. The summed E-state index contributed by atoms with van der Waals surface area (Å²) in [4.78, 5) is 15.8. The summed E-state index contributed by atoms with van der Waals surface area (Å²) in [7, 11) is -1.65. The van der Waals surface area contributed by atoms with Gasteiger partial charge in [-0.2, -0.15) is 0 Å². The highest BCUT2D eigenvalue weighted by Gasteiger charge is 2.24. The summed E-state index contributed by atoms with van der Waals surface area (Å²) in [5.41, 5.74) is 0. The third kappa shape index (κ3) is 5.75. The quantitative estimate of drug-likeness (QED) is 0.237. The van der Waals surface area contributed by atoms with Crippen LogP contribution in [-0.4, -0.2) is 59.3 Å².